The third-order valence-electron chi connectivity index (χ3n) is 3.93. The molecule has 1 aliphatic carbocycles. The van der Waals surface area contributed by atoms with Gasteiger partial charge in [0.2, 0.25) is 5.78 Å². The van der Waals surface area contributed by atoms with Gasteiger partial charge in [-0.3, -0.25) is 29.8 Å². The van der Waals surface area contributed by atoms with E-state index in [0.717, 1.165) is 18.2 Å². The number of non-ortho nitro benzene ring substituents is 1. The summed E-state index contributed by atoms with van der Waals surface area (Å²) in [7, 11) is 0.626. The summed E-state index contributed by atoms with van der Waals surface area (Å²) < 4.78 is 23.3. The molecule has 0 bridgehead atoms. The minimum Gasteiger partial charge on any atom is -0.397 e. The Bertz CT molecular complexity index is 1210. The molecule has 2 N–H and O–H groups in total. The van der Waals surface area contributed by atoms with Crippen molar-refractivity contribution in [1.82, 2.24) is 0 Å². The molecule has 0 radical (unpaired) electrons. The van der Waals surface area contributed by atoms with Gasteiger partial charge in [0, 0.05) is 40.0 Å². The first-order chi connectivity index (χ1) is 12.4. The van der Waals surface area contributed by atoms with Crippen LogP contribution in [0.1, 0.15) is 31.8 Å². The predicted octanol–water partition coefficient (Wildman–Crippen LogP) is 1.79. The van der Waals surface area contributed by atoms with E-state index in [2.05, 4.69) is 0 Å². The molecule has 2 aromatic carbocycles. The van der Waals surface area contributed by atoms with Crippen LogP contribution in [0.2, 0.25) is 0 Å². The van der Waals surface area contributed by atoms with Gasteiger partial charge >= 0.3 is 0 Å². The van der Waals surface area contributed by atoms with Crippen LogP contribution in [-0.4, -0.2) is 29.8 Å². The molecule has 0 fully saturated rings. The summed E-state index contributed by atoms with van der Waals surface area (Å²) in [6, 6.07) is 3.26. The van der Waals surface area contributed by atoms with Crippen LogP contribution in [-0.2, 0) is 9.05 Å². The number of hydrogen-bond acceptors (Lipinski definition) is 9. The summed E-state index contributed by atoms with van der Waals surface area (Å²) in [6.45, 7) is 0. The van der Waals surface area contributed by atoms with Crippen molar-refractivity contribution >= 4 is 48.4 Å². The molecule has 138 valence electrons. The molecular formula is C14H6ClN3O8S. The number of anilines is 1. The molecule has 0 unspecified atom stereocenters. The van der Waals surface area contributed by atoms with Crippen molar-refractivity contribution < 1.29 is 27.9 Å². The van der Waals surface area contributed by atoms with E-state index in [1.54, 1.807) is 0 Å². The van der Waals surface area contributed by atoms with Gasteiger partial charge in [-0.25, -0.2) is 8.42 Å². The van der Waals surface area contributed by atoms with E-state index < -0.39 is 69.1 Å². The van der Waals surface area contributed by atoms with Crippen molar-refractivity contribution in [3.63, 3.8) is 0 Å². The topological polar surface area (TPSA) is 181 Å². The Balaban J connectivity index is 2.45. The van der Waals surface area contributed by atoms with Crippen LogP contribution in [0.5, 0.6) is 0 Å². The normalized spacial score (nSPS) is 13.1. The van der Waals surface area contributed by atoms with Gasteiger partial charge in [0.15, 0.2) is 5.78 Å². The van der Waals surface area contributed by atoms with Gasteiger partial charge in [0.25, 0.3) is 20.4 Å². The molecule has 0 spiro atoms. The second-order valence-electron chi connectivity index (χ2n) is 5.40. The number of carbonyl (C=O) groups excluding carboxylic acids is 2. The quantitative estimate of drug-likeness (QED) is 0.290. The Morgan fingerprint density at radius 1 is 0.926 bits per heavy atom. The van der Waals surface area contributed by atoms with Gasteiger partial charge in [-0.05, 0) is 6.07 Å². The number of ketones is 2. The van der Waals surface area contributed by atoms with Crippen molar-refractivity contribution in [2.24, 2.45) is 0 Å². The van der Waals surface area contributed by atoms with Crippen LogP contribution in [0.4, 0.5) is 17.1 Å². The lowest BCUT2D eigenvalue weighted by molar-refractivity contribution is -0.385. The Hall–Kier alpha value is -3.38. The summed E-state index contributed by atoms with van der Waals surface area (Å²) in [5.74, 6) is -2.06. The summed E-state index contributed by atoms with van der Waals surface area (Å²) in [5.41, 5.74) is 1.28. The zero-order chi connectivity index (χ0) is 20.3. The molecule has 0 amide bonds. The first kappa shape index (κ1) is 18.4. The highest BCUT2D eigenvalue weighted by Crippen LogP contribution is 2.41. The largest absolute Gasteiger partial charge is 0.397 e. The van der Waals surface area contributed by atoms with Crippen LogP contribution < -0.4 is 5.73 Å². The lowest BCUT2D eigenvalue weighted by Crippen LogP contribution is -2.25. The number of carbonyl (C=O) groups is 2. The number of fused-ring (bicyclic) bond motifs is 2. The van der Waals surface area contributed by atoms with Crippen molar-refractivity contribution in [2.75, 3.05) is 5.73 Å². The summed E-state index contributed by atoms with van der Waals surface area (Å²) in [6.07, 6.45) is 0. The highest BCUT2D eigenvalue weighted by atomic mass is 35.7. The number of nitrogens with zero attached hydrogens (tertiary/aromatic N) is 2. The zero-order valence-electron chi connectivity index (χ0n) is 12.8. The van der Waals surface area contributed by atoms with E-state index in [4.69, 9.17) is 16.4 Å². The van der Waals surface area contributed by atoms with Crippen LogP contribution in [0.3, 0.4) is 0 Å². The fourth-order valence-electron chi connectivity index (χ4n) is 2.77. The summed E-state index contributed by atoms with van der Waals surface area (Å²) in [5, 5.41) is 22.3. The Kier molecular flexibility index (Phi) is 3.97. The number of nitro groups is 2. The lowest BCUT2D eigenvalue weighted by atomic mass is 9.82. The van der Waals surface area contributed by atoms with Gasteiger partial charge in [-0.15, -0.1) is 0 Å². The monoisotopic (exact) mass is 411 g/mol. The molecule has 0 atom stereocenters. The van der Waals surface area contributed by atoms with Crippen molar-refractivity contribution in [1.29, 1.82) is 0 Å². The molecule has 0 saturated heterocycles. The average molecular weight is 412 g/mol. The smallest absolute Gasteiger partial charge is 0.282 e. The molecule has 11 nitrogen and oxygen atoms in total. The fraction of sp³-hybridized carbons (Fsp3) is 0. The lowest BCUT2D eigenvalue weighted by Gasteiger charge is -2.19. The van der Waals surface area contributed by atoms with E-state index in [1.165, 1.54) is 0 Å². The van der Waals surface area contributed by atoms with E-state index in [9.17, 15) is 38.2 Å². The minimum atomic E-state index is -4.59. The Morgan fingerprint density at radius 2 is 1.52 bits per heavy atom. The molecule has 27 heavy (non-hydrogen) atoms. The summed E-state index contributed by atoms with van der Waals surface area (Å²) in [4.78, 5) is 45.0. The molecule has 13 heteroatoms. The first-order valence-electron chi connectivity index (χ1n) is 6.88. The van der Waals surface area contributed by atoms with Crippen LogP contribution in [0.15, 0.2) is 29.2 Å². The number of nitrogen functional groups attached to an aromatic ring is 1. The second-order valence-corrected chi connectivity index (χ2v) is 7.93. The summed E-state index contributed by atoms with van der Waals surface area (Å²) >= 11 is 0. The molecule has 2 aromatic rings. The van der Waals surface area contributed by atoms with Crippen LogP contribution in [0, 0.1) is 20.2 Å². The van der Waals surface area contributed by atoms with Crippen molar-refractivity contribution in [2.45, 2.75) is 4.90 Å². The average Bonchev–Trinajstić information content (AvgIpc) is 2.57. The molecule has 0 saturated carbocycles. The number of nitro benzene ring substituents is 2. The van der Waals surface area contributed by atoms with Gasteiger partial charge in [0.05, 0.1) is 21.1 Å². The van der Waals surface area contributed by atoms with Crippen molar-refractivity contribution in [3.8, 4) is 0 Å². The third kappa shape index (κ3) is 2.71. The number of benzene rings is 2. The van der Waals surface area contributed by atoms with Gasteiger partial charge in [0.1, 0.15) is 10.5 Å². The SMILES string of the molecule is Nc1c(S(=O)(=O)Cl)cc([N+](=O)[O-])c2c1C(=O)c1cc([N+](=O)[O-])ccc1C2=O. The van der Waals surface area contributed by atoms with E-state index in [1.807, 2.05) is 0 Å². The maximum absolute atomic E-state index is 12.8. The Labute approximate surface area is 154 Å². The highest BCUT2D eigenvalue weighted by Gasteiger charge is 2.40. The van der Waals surface area contributed by atoms with E-state index >= 15 is 0 Å². The molecule has 1 aliphatic rings. The first-order valence-corrected chi connectivity index (χ1v) is 9.19. The minimum absolute atomic E-state index is 0.304. The highest BCUT2D eigenvalue weighted by molar-refractivity contribution is 8.13. The molecule has 0 heterocycles. The maximum Gasteiger partial charge on any atom is 0.282 e. The predicted molar refractivity (Wildman–Crippen MR) is 90.5 cm³/mol. The fourth-order valence-corrected chi connectivity index (χ4v) is 3.77. The van der Waals surface area contributed by atoms with E-state index in [0.29, 0.717) is 6.07 Å². The molecule has 0 aromatic heterocycles. The number of rotatable bonds is 3. The molecular weight excluding hydrogens is 406 g/mol. The second kappa shape index (κ2) is 5.82. The van der Waals surface area contributed by atoms with Crippen molar-refractivity contribution in [3.05, 3.63) is 66.7 Å². The van der Waals surface area contributed by atoms with Gasteiger partial charge in [-0.1, -0.05) is 0 Å². The van der Waals surface area contributed by atoms with Gasteiger partial charge in [-0.2, -0.15) is 0 Å². The molecule has 0 aliphatic heterocycles. The third-order valence-corrected chi connectivity index (χ3v) is 5.29. The zero-order valence-corrected chi connectivity index (χ0v) is 14.4. The maximum atomic E-state index is 12.8. The number of nitrogens with two attached hydrogens (primary N) is 1. The number of hydrogen-bond donors (Lipinski definition) is 1. The van der Waals surface area contributed by atoms with E-state index in [-0.39, 0.29) is 5.56 Å². The standard InChI is InChI=1S/C14H6ClN3O8S/c15-27(25,26)9-4-8(18(23)24)10-11(12(9)16)14(20)7-3-5(17(21)22)1-2-6(7)13(10)19/h1-4H,16H2. The van der Waals surface area contributed by atoms with Crippen LogP contribution >= 0.6 is 10.7 Å². The number of halogens is 1. The van der Waals surface area contributed by atoms with Gasteiger partial charge < -0.3 is 5.73 Å². The Morgan fingerprint density at radius 3 is 2.04 bits per heavy atom. The van der Waals surface area contributed by atoms with Crippen LogP contribution in [0.25, 0.3) is 0 Å². The molecule has 3 rings (SSSR count).